The number of hydrogen-bond acceptors (Lipinski definition) is 6. The zero-order chi connectivity index (χ0) is 18.5. The van der Waals surface area contributed by atoms with Gasteiger partial charge in [0.1, 0.15) is 5.56 Å². The van der Waals surface area contributed by atoms with Crippen molar-refractivity contribution in [1.82, 2.24) is 14.8 Å². The van der Waals surface area contributed by atoms with Crippen molar-refractivity contribution in [2.75, 3.05) is 32.4 Å². The van der Waals surface area contributed by atoms with Crippen molar-refractivity contribution < 1.29 is 9.72 Å². The van der Waals surface area contributed by atoms with E-state index in [0.717, 1.165) is 30.1 Å². The molecule has 2 heterocycles. The summed E-state index contributed by atoms with van der Waals surface area (Å²) in [5.41, 5.74) is 1.17. The Morgan fingerprint density at radius 2 is 2.04 bits per heavy atom. The maximum atomic E-state index is 12.8. The smallest absolute Gasteiger partial charge is 0.282 e. The lowest BCUT2D eigenvalue weighted by atomic mass is 10.1. The summed E-state index contributed by atoms with van der Waals surface area (Å²) in [7, 11) is 0. The fourth-order valence-electron chi connectivity index (χ4n) is 3.00. The van der Waals surface area contributed by atoms with E-state index in [4.69, 9.17) is 0 Å². The third-order valence-corrected chi connectivity index (χ3v) is 5.14. The molecule has 1 aromatic heterocycles. The standard InChI is InChI=1S/C18H20N4O3S/c1-26-15-4-5-17(22(24)25)16(11-15)18(23)21-9-7-20(8-10-21)13-14-3-2-6-19-12-14/h2-6,11-12H,7-10,13H2,1H3. The third-order valence-electron chi connectivity index (χ3n) is 4.42. The summed E-state index contributed by atoms with van der Waals surface area (Å²) in [4.78, 5) is 32.5. The number of hydrogen-bond donors (Lipinski definition) is 0. The highest BCUT2D eigenvalue weighted by atomic mass is 32.2. The summed E-state index contributed by atoms with van der Waals surface area (Å²) in [6.07, 6.45) is 5.47. The molecule has 7 nitrogen and oxygen atoms in total. The highest BCUT2D eigenvalue weighted by Gasteiger charge is 2.27. The largest absolute Gasteiger partial charge is 0.336 e. The van der Waals surface area contributed by atoms with E-state index in [1.165, 1.54) is 17.8 Å². The molecule has 1 fully saturated rings. The molecule has 0 saturated carbocycles. The minimum atomic E-state index is -0.490. The number of benzene rings is 1. The summed E-state index contributed by atoms with van der Waals surface area (Å²) >= 11 is 1.46. The Kier molecular flexibility index (Phi) is 5.85. The Morgan fingerprint density at radius 3 is 2.65 bits per heavy atom. The first-order valence-corrected chi connectivity index (χ1v) is 9.54. The highest BCUT2D eigenvalue weighted by Crippen LogP contribution is 2.26. The number of rotatable bonds is 5. The van der Waals surface area contributed by atoms with E-state index in [1.54, 1.807) is 23.2 Å². The van der Waals surface area contributed by atoms with E-state index in [-0.39, 0.29) is 17.2 Å². The van der Waals surface area contributed by atoms with Gasteiger partial charge in [-0.3, -0.25) is 24.8 Å². The first kappa shape index (κ1) is 18.3. The molecule has 0 unspecified atom stereocenters. The summed E-state index contributed by atoms with van der Waals surface area (Å²) in [6, 6.07) is 8.64. The van der Waals surface area contributed by atoms with Crippen molar-refractivity contribution in [3.05, 3.63) is 64.0 Å². The molecule has 136 valence electrons. The minimum Gasteiger partial charge on any atom is -0.336 e. The molecule has 8 heteroatoms. The number of nitro groups is 1. The first-order chi connectivity index (χ1) is 12.6. The van der Waals surface area contributed by atoms with Gasteiger partial charge in [-0.1, -0.05) is 6.07 Å². The number of carbonyl (C=O) groups excluding carboxylic acids is 1. The number of pyridine rings is 1. The molecule has 1 aliphatic heterocycles. The predicted octanol–water partition coefficient (Wildman–Crippen LogP) is 2.67. The summed E-state index contributed by atoms with van der Waals surface area (Å²) in [6.45, 7) is 3.37. The Morgan fingerprint density at radius 1 is 1.27 bits per heavy atom. The zero-order valence-electron chi connectivity index (χ0n) is 14.5. The molecule has 0 radical (unpaired) electrons. The van der Waals surface area contributed by atoms with Crippen LogP contribution in [0.25, 0.3) is 0 Å². The number of piperazine rings is 1. The minimum absolute atomic E-state index is 0.134. The Hall–Kier alpha value is -2.45. The fraction of sp³-hybridized carbons (Fsp3) is 0.333. The van der Waals surface area contributed by atoms with Crippen LogP contribution in [0.4, 0.5) is 5.69 Å². The van der Waals surface area contributed by atoms with Gasteiger partial charge in [-0.05, 0) is 30.0 Å². The Bertz CT molecular complexity index is 792. The topological polar surface area (TPSA) is 79.6 Å². The molecule has 26 heavy (non-hydrogen) atoms. The molecule has 0 N–H and O–H groups in total. The molecular weight excluding hydrogens is 352 g/mol. The lowest BCUT2D eigenvalue weighted by Crippen LogP contribution is -2.48. The van der Waals surface area contributed by atoms with Crippen LogP contribution in [-0.2, 0) is 6.54 Å². The maximum Gasteiger partial charge on any atom is 0.282 e. The molecule has 0 atom stereocenters. The van der Waals surface area contributed by atoms with E-state index in [2.05, 4.69) is 9.88 Å². The van der Waals surface area contributed by atoms with E-state index in [1.807, 2.05) is 24.6 Å². The SMILES string of the molecule is CSc1ccc([N+](=O)[O-])c(C(=O)N2CCN(Cc3cccnc3)CC2)c1. The number of amides is 1. The van der Waals surface area contributed by atoms with Gasteiger partial charge < -0.3 is 4.90 Å². The van der Waals surface area contributed by atoms with Gasteiger partial charge in [-0.2, -0.15) is 0 Å². The van der Waals surface area contributed by atoms with Gasteiger partial charge in [-0.15, -0.1) is 11.8 Å². The van der Waals surface area contributed by atoms with E-state index < -0.39 is 4.92 Å². The van der Waals surface area contributed by atoms with Crippen LogP contribution in [0.1, 0.15) is 15.9 Å². The first-order valence-electron chi connectivity index (χ1n) is 8.31. The molecule has 2 aromatic rings. The van der Waals surface area contributed by atoms with Crippen molar-refractivity contribution in [3.8, 4) is 0 Å². The normalized spacial score (nSPS) is 15.0. The number of thioether (sulfide) groups is 1. The average molecular weight is 372 g/mol. The van der Waals surface area contributed by atoms with Crippen molar-refractivity contribution in [3.63, 3.8) is 0 Å². The monoisotopic (exact) mass is 372 g/mol. The number of nitro benzene ring substituents is 1. The summed E-state index contributed by atoms with van der Waals surface area (Å²) in [5.74, 6) is -0.270. The summed E-state index contributed by atoms with van der Waals surface area (Å²) < 4.78 is 0. The van der Waals surface area contributed by atoms with Gasteiger partial charge >= 0.3 is 0 Å². The van der Waals surface area contributed by atoms with Crippen LogP contribution in [0.2, 0.25) is 0 Å². The molecular formula is C18H20N4O3S. The quantitative estimate of drug-likeness (QED) is 0.456. The Labute approximate surface area is 156 Å². The number of nitrogens with zero attached hydrogens (tertiary/aromatic N) is 4. The second-order valence-electron chi connectivity index (χ2n) is 6.07. The van der Waals surface area contributed by atoms with E-state index in [9.17, 15) is 14.9 Å². The number of aromatic nitrogens is 1. The van der Waals surface area contributed by atoms with Crippen LogP contribution >= 0.6 is 11.8 Å². The predicted molar refractivity (Wildman–Crippen MR) is 100 cm³/mol. The second-order valence-corrected chi connectivity index (χ2v) is 6.95. The van der Waals surface area contributed by atoms with Gasteiger partial charge in [0.25, 0.3) is 11.6 Å². The molecule has 1 saturated heterocycles. The second kappa shape index (κ2) is 8.29. The number of carbonyl (C=O) groups is 1. The lowest BCUT2D eigenvalue weighted by molar-refractivity contribution is -0.385. The molecule has 1 aliphatic rings. The van der Waals surface area contributed by atoms with Gasteiger partial charge in [0.2, 0.25) is 0 Å². The molecule has 0 bridgehead atoms. The molecule has 0 aliphatic carbocycles. The maximum absolute atomic E-state index is 12.8. The molecule has 3 rings (SSSR count). The van der Waals surface area contributed by atoms with Gasteiger partial charge in [0, 0.05) is 56.1 Å². The van der Waals surface area contributed by atoms with Crippen molar-refractivity contribution in [1.29, 1.82) is 0 Å². The van der Waals surface area contributed by atoms with Gasteiger partial charge in [0.15, 0.2) is 0 Å². The third kappa shape index (κ3) is 4.20. The van der Waals surface area contributed by atoms with E-state index >= 15 is 0 Å². The van der Waals surface area contributed by atoms with E-state index in [0.29, 0.717) is 13.1 Å². The zero-order valence-corrected chi connectivity index (χ0v) is 15.3. The highest BCUT2D eigenvalue weighted by molar-refractivity contribution is 7.98. The lowest BCUT2D eigenvalue weighted by Gasteiger charge is -2.34. The van der Waals surface area contributed by atoms with Crippen LogP contribution in [0.15, 0.2) is 47.6 Å². The van der Waals surface area contributed by atoms with Crippen LogP contribution in [-0.4, -0.2) is 58.0 Å². The average Bonchev–Trinajstić information content (AvgIpc) is 2.68. The molecule has 0 spiro atoms. The summed E-state index contributed by atoms with van der Waals surface area (Å²) in [5, 5.41) is 11.3. The van der Waals surface area contributed by atoms with Gasteiger partial charge in [-0.25, -0.2) is 0 Å². The van der Waals surface area contributed by atoms with Crippen LogP contribution in [0.3, 0.4) is 0 Å². The van der Waals surface area contributed by atoms with Crippen molar-refractivity contribution >= 4 is 23.4 Å². The molecule has 1 amide bonds. The van der Waals surface area contributed by atoms with Crippen LogP contribution in [0, 0.1) is 10.1 Å². The fourth-order valence-corrected chi connectivity index (χ4v) is 3.44. The van der Waals surface area contributed by atoms with Crippen LogP contribution in [0.5, 0.6) is 0 Å². The van der Waals surface area contributed by atoms with Gasteiger partial charge in [0.05, 0.1) is 4.92 Å². The van der Waals surface area contributed by atoms with Crippen molar-refractivity contribution in [2.24, 2.45) is 0 Å². The Balaban J connectivity index is 1.68. The molecule has 1 aromatic carbocycles. The van der Waals surface area contributed by atoms with Crippen molar-refractivity contribution in [2.45, 2.75) is 11.4 Å². The van der Waals surface area contributed by atoms with Crippen LogP contribution < -0.4 is 0 Å².